The minimum absolute atomic E-state index is 0.126. The average Bonchev–Trinajstić information content (AvgIpc) is 2.79. The van der Waals surface area contributed by atoms with Crippen LogP contribution in [0.2, 0.25) is 0 Å². The van der Waals surface area contributed by atoms with Gasteiger partial charge in [-0.3, -0.25) is 4.90 Å². The molecule has 2 aliphatic heterocycles. The number of carbonyl (C=O) groups excluding carboxylic acids is 2. The summed E-state index contributed by atoms with van der Waals surface area (Å²) in [7, 11) is 2.87. The Hall–Kier alpha value is -2.52. The summed E-state index contributed by atoms with van der Waals surface area (Å²) < 4.78 is 28.1. The second-order valence-electron chi connectivity index (χ2n) is 10.7. The Morgan fingerprint density at radius 3 is 2.43 bits per heavy atom. The molecular formula is C26H38N2O7. The summed E-state index contributed by atoms with van der Waals surface area (Å²) in [6, 6.07) is 5.65. The van der Waals surface area contributed by atoms with Crippen molar-refractivity contribution in [2.24, 2.45) is 0 Å². The number of nitrogens with zero attached hydrogens (tertiary/aromatic N) is 2. The van der Waals surface area contributed by atoms with Crippen LogP contribution in [-0.4, -0.2) is 92.2 Å². The number of likely N-dealkylation sites (tertiary alicyclic amines) is 1. The molecule has 9 heteroatoms. The Morgan fingerprint density at radius 2 is 1.80 bits per heavy atom. The molecule has 1 aromatic carbocycles. The van der Waals surface area contributed by atoms with Crippen molar-refractivity contribution in [2.75, 3.05) is 47.0 Å². The maximum absolute atomic E-state index is 12.4. The summed E-state index contributed by atoms with van der Waals surface area (Å²) in [6.07, 6.45) is 3.42. The van der Waals surface area contributed by atoms with Crippen LogP contribution in [0, 0.1) is 0 Å². The number of hydrogen-bond acceptors (Lipinski definition) is 8. The Kier molecular flexibility index (Phi) is 7.47. The zero-order valence-electron chi connectivity index (χ0n) is 21.5. The van der Waals surface area contributed by atoms with E-state index >= 15 is 0 Å². The summed E-state index contributed by atoms with van der Waals surface area (Å²) in [5, 5.41) is 0. The van der Waals surface area contributed by atoms with Crippen molar-refractivity contribution < 1.29 is 33.3 Å². The Balaban J connectivity index is 1.26. The molecule has 9 nitrogen and oxygen atoms in total. The van der Waals surface area contributed by atoms with Gasteiger partial charge in [0.25, 0.3) is 0 Å². The van der Waals surface area contributed by atoms with Crippen LogP contribution in [0.3, 0.4) is 0 Å². The number of piperidine rings is 1. The van der Waals surface area contributed by atoms with Crippen molar-refractivity contribution in [1.29, 1.82) is 0 Å². The lowest BCUT2D eigenvalue weighted by Crippen LogP contribution is -2.62. The van der Waals surface area contributed by atoms with Gasteiger partial charge in [-0.25, -0.2) is 9.59 Å². The van der Waals surface area contributed by atoms with Crippen molar-refractivity contribution in [3.8, 4) is 11.5 Å². The smallest absolute Gasteiger partial charge is 0.410 e. The highest BCUT2D eigenvalue weighted by Gasteiger charge is 2.45. The number of amides is 1. The maximum atomic E-state index is 12.4. The lowest BCUT2D eigenvalue weighted by atomic mass is 9.84. The second kappa shape index (κ2) is 10.2. The van der Waals surface area contributed by atoms with Gasteiger partial charge in [0.15, 0.2) is 0 Å². The highest BCUT2D eigenvalue weighted by atomic mass is 16.6. The van der Waals surface area contributed by atoms with Crippen LogP contribution in [0.4, 0.5) is 4.79 Å². The predicted octanol–water partition coefficient (Wildman–Crippen LogP) is 3.49. The van der Waals surface area contributed by atoms with Gasteiger partial charge in [-0.05, 0) is 45.7 Å². The molecule has 3 aliphatic rings. The first-order chi connectivity index (χ1) is 16.6. The zero-order valence-corrected chi connectivity index (χ0v) is 21.5. The monoisotopic (exact) mass is 490 g/mol. The third-order valence-electron chi connectivity index (χ3n) is 7.07. The van der Waals surface area contributed by atoms with E-state index in [1.807, 2.05) is 20.8 Å². The predicted molar refractivity (Wildman–Crippen MR) is 129 cm³/mol. The molecule has 0 bridgehead atoms. The van der Waals surface area contributed by atoms with E-state index in [2.05, 4.69) is 4.90 Å². The molecule has 0 radical (unpaired) electrons. The normalized spacial score (nSPS) is 24.4. The third kappa shape index (κ3) is 6.01. The summed E-state index contributed by atoms with van der Waals surface area (Å²) in [5.74, 6) is 0.694. The lowest BCUT2D eigenvalue weighted by Gasteiger charge is -2.51. The average molecular weight is 491 g/mol. The third-order valence-corrected chi connectivity index (χ3v) is 7.07. The second-order valence-corrected chi connectivity index (χ2v) is 10.7. The Bertz CT molecular complexity index is 915. The van der Waals surface area contributed by atoms with E-state index in [-0.39, 0.29) is 17.8 Å². The summed E-state index contributed by atoms with van der Waals surface area (Å²) in [6.45, 7) is 9.49. The van der Waals surface area contributed by atoms with Crippen molar-refractivity contribution >= 4 is 12.1 Å². The molecule has 1 aromatic rings. The van der Waals surface area contributed by atoms with Gasteiger partial charge in [-0.15, -0.1) is 0 Å². The molecule has 4 rings (SSSR count). The maximum Gasteiger partial charge on any atom is 0.410 e. The molecule has 194 valence electrons. The zero-order chi connectivity index (χ0) is 25.2. The van der Waals surface area contributed by atoms with Crippen molar-refractivity contribution in [3.63, 3.8) is 0 Å². The van der Waals surface area contributed by atoms with Crippen LogP contribution >= 0.6 is 0 Å². The fourth-order valence-electron chi connectivity index (χ4n) is 5.06. The molecule has 35 heavy (non-hydrogen) atoms. The molecule has 2 saturated heterocycles. The van der Waals surface area contributed by atoms with Crippen molar-refractivity contribution in [1.82, 2.24) is 9.80 Å². The Labute approximate surface area is 207 Å². The fourth-order valence-corrected chi connectivity index (χ4v) is 5.06. The van der Waals surface area contributed by atoms with E-state index in [1.165, 1.54) is 14.2 Å². The molecule has 3 fully saturated rings. The standard InChI is InChI=1S/C26H38N2O7/c1-25(2,3)35-24(30)27-10-8-26(9-11-27)17-28(12-13-33-26)18-14-20(15-18)34-19-6-7-21(23(29)32-5)22(16-19)31-4/h6-7,16,18,20H,8-15,17H2,1-5H3/t18-,20-. The van der Waals surface area contributed by atoms with Crippen molar-refractivity contribution in [3.05, 3.63) is 23.8 Å². The molecule has 1 spiro atoms. The fraction of sp³-hybridized carbons (Fsp3) is 0.692. The van der Waals surface area contributed by atoms with E-state index in [0.717, 1.165) is 38.8 Å². The summed E-state index contributed by atoms with van der Waals surface area (Å²) in [5.41, 5.74) is -0.299. The van der Waals surface area contributed by atoms with Gasteiger partial charge >= 0.3 is 12.1 Å². The molecule has 1 amide bonds. The quantitative estimate of drug-likeness (QED) is 0.580. The van der Waals surface area contributed by atoms with Crippen LogP contribution < -0.4 is 9.47 Å². The number of morpholine rings is 1. The number of rotatable bonds is 5. The van der Waals surface area contributed by atoms with Crippen LogP contribution in [-0.2, 0) is 14.2 Å². The van der Waals surface area contributed by atoms with Gasteiger partial charge in [0, 0.05) is 51.1 Å². The number of esters is 1. The van der Waals surface area contributed by atoms with Gasteiger partial charge in [-0.2, -0.15) is 0 Å². The van der Waals surface area contributed by atoms with E-state index in [4.69, 9.17) is 23.7 Å². The molecule has 0 unspecified atom stereocenters. The highest BCUT2D eigenvalue weighted by molar-refractivity contribution is 5.92. The number of ether oxygens (including phenoxy) is 5. The molecular weight excluding hydrogens is 452 g/mol. The van der Waals surface area contributed by atoms with Gasteiger partial charge in [-0.1, -0.05) is 0 Å². The highest BCUT2D eigenvalue weighted by Crippen LogP contribution is 2.37. The molecule has 2 heterocycles. The van der Waals surface area contributed by atoms with Gasteiger partial charge < -0.3 is 28.6 Å². The topological polar surface area (TPSA) is 86.8 Å². The molecule has 0 aromatic heterocycles. The van der Waals surface area contributed by atoms with Gasteiger partial charge in [0.2, 0.25) is 0 Å². The van der Waals surface area contributed by atoms with E-state index in [1.54, 1.807) is 23.1 Å². The summed E-state index contributed by atoms with van der Waals surface area (Å²) in [4.78, 5) is 28.6. The first kappa shape index (κ1) is 25.6. The number of methoxy groups -OCH3 is 2. The van der Waals surface area contributed by atoms with Crippen LogP contribution in [0.25, 0.3) is 0 Å². The number of benzene rings is 1. The lowest BCUT2D eigenvalue weighted by molar-refractivity contribution is -0.154. The van der Waals surface area contributed by atoms with Crippen molar-refractivity contribution in [2.45, 2.75) is 69.8 Å². The number of carbonyl (C=O) groups is 2. The molecule has 0 atom stereocenters. The van der Waals surface area contributed by atoms with Gasteiger partial charge in [0.1, 0.15) is 28.8 Å². The SMILES string of the molecule is COC(=O)c1ccc(O[C@H]2C[C@H](N3CCOC4(CCN(C(=O)OC(C)(C)C)CC4)C3)C2)cc1OC. The molecule has 1 aliphatic carbocycles. The minimum Gasteiger partial charge on any atom is -0.496 e. The first-order valence-corrected chi connectivity index (χ1v) is 12.4. The first-order valence-electron chi connectivity index (χ1n) is 12.4. The Morgan fingerprint density at radius 1 is 1.09 bits per heavy atom. The summed E-state index contributed by atoms with van der Waals surface area (Å²) >= 11 is 0. The minimum atomic E-state index is -0.484. The van der Waals surface area contributed by atoms with Gasteiger partial charge in [0.05, 0.1) is 26.4 Å². The van der Waals surface area contributed by atoms with Crippen LogP contribution in [0.15, 0.2) is 18.2 Å². The largest absolute Gasteiger partial charge is 0.496 e. The van der Waals surface area contributed by atoms with E-state index in [0.29, 0.717) is 42.8 Å². The van der Waals surface area contributed by atoms with E-state index in [9.17, 15) is 9.59 Å². The van der Waals surface area contributed by atoms with Crippen LogP contribution in [0.1, 0.15) is 56.8 Å². The molecule has 0 N–H and O–H groups in total. The molecule has 1 saturated carbocycles. The van der Waals surface area contributed by atoms with E-state index < -0.39 is 11.6 Å². The number of hydrogen-bond donors (Lipinski definition) is 0. The van der Waals surface area contributed by atoms with Crippen LogP contribution in [0.5, 0.6) is 11.5 Å².